The molecule has 0 aromatic heterocycles. The highest BCUT2D eigenvalue weighted by Gasteiger charge is 2.21. The highest BCUT2D eigenvalue weighted by molar-refractivity contribution is 6.14. The predicted octanol–water partition coefficient (Wildman–Crippen LogP) is 2.43. The number of hydrogen-bond donors (Lipinski definition) is 1. The summed E-state index contributed by atoms with van der Waals surface area (Å²) in [5.74, 6) is -0.881. The third kappa shape index (κ3) is 4.80. The first-order valence-electron chi connectivity index (χ1n) is 6.99. The third-order valence-electron chi connectivity index (χ3n) is 2.72. The molecule has 1 N–H and O–H groups in total. The molecule has 22 heavy (non-hydrogen) atoms. The number of nitrogens with one attached hydrogen (secondary N) is 1. The van der Waals surface area contributed by atoms with E-state index < -0.39 is 11.9 Å². The van der Waals surface area contributed by atoms with Crippen LogP contribution in [0.1, 0.15) is 19.4 Å². The van der Waals surface area contributed by atoms with Gasteiger partial charge in [-0.05, 0) is 38.5 Å². The average Bonchev–Trinajstić information content (AvgIpc) is 2.48. The molecule has 0 spiro atoms. The molecule has 1 aromatic carbocycles. The minimum atomic E-state index is -0.736. The monoisotopic (exact) mass is 307 g/mol. The normalized spacial score (nSPS) is 9.64. The summed E-state index contributed by atoms with van der Waals surface area (Å²) in [6, 6.07) is 5.52. The Morgan fingerprint density at radius 1 is 1.14 bits per heavy atom. The standard InChI is InChI=1S/C16H21NO5/c1-5-21-15(18)12(16(19)22-6-2)10-17-13-9-11(3)7-8-14(13)20-4/h7-10,17H,5-6H2,1-4H3. The predicted molar refractivity (Wildman–Crippen MR) is 82.7 cm³/mol. The van der Waals surface area contributed by atoms with Gasteiger partial charge in [-0.3, -0.25) is 0 Å². The minimum Gasteiger partial charge on any atom is -0.495 e. The Morgan fingerprint density at radius 2 is 1.73 bits per heavy atom. The number of anilines is 1. The number of rotatable bonds is 7. The Bertz CT molecular complexity index is 546. The van der Waals surface area contributed by atoms with E-state index in [9.17, 15) is 9.59 Å². The van der Waals surface area contributed by atoms with E-state index in [0.717, 1.165) is 5.56 Å². The summed E-state index contributed by atoms with van der Waals surface area (Å²) in [5, 5.41) is 2.90. The molecule has 0 aliphatic carbocycles. The summed E-state index contributed by atoms with van der Waals surface area (Å²) in [6.07, 6.45) is 1.27. The van der Waals surface area contributed by atoms with Crippen LogP contribution < -0.4 is 10.1 Å². The van der Waals surface area contributed by atoms with Gasteiger partial charge in [0.1, 0.15) is 5.75 Å². The lowest BCUT2D eigenvalue weighted by molar-refractivity contribution is -0.146. The smallest absolute Gasteiger partial charge is 0.347 e. The van der Waals surface area contributed by atoms with Crippen LogP contribution >= 0.6 is 0 Å². The molecule has 0 aliphatic heterocycles. The number of methoxy groups -OCH3 is 1. The van der Waals surface area contributed by atoms with Crippen molar-refractivity contribution < 1.29 is 23.8 Å². The molecular formula is C16H21NO5. The highest BCUT2D eigenvalue weighted by atomic mass is 16.6. The lowest BCUT2D eigenvalue weighted by Crippen LogP contribution is -2.19. The molecule has 1 rings (SSSR count). The molecule has 0 heterocycles. The molecule has 0 saturated heterocycles. The number of carbonyl (C=O) groups is 2. The van der Waals surface area contributed by atoms with Crippen molar-refractivity contribution in [3.63, 3.8) is 0 Å². The van der Waals surface area contributed by atoms with Gasteiger partial charge in [-0.1, -0.05) is 6.07 Å². The molecule has 0 unspecified atom stereocenters. The van der Waals surface area contributed by atoms with Crippen LogP contribution in [0.2, 0.25) is 0 Å². The fourth-order valence-corrected chi connectivity index (χ4v) is 1.70. The van der Waals surface area contributed by atoms with Gasteiger partial charge in [-0.2, -0.15) is 0 Å². The molecule has 6 nitrogen and oxygen atoms in total. The fraction of sp³-hybridized carbons (Fsp3) is 0.375. The van der Waals surface area contributed by atoms with Crippen molar-refractivity contribution in [1.29, 1.82) is 0 Å². The van der Waals surface area contributed by atoms with Crippen LogP contribution in [0.4, 0.5) is 5.69 Å². The number of benzene rings is 1. The van der Waals surface area contributed by atoms with Gasteiger partial charge >= 0.3 is 11.9 Å². The second-order valence-electron chi connectivity index (χ2n) is 4.35. The third-order valence-corrected chi connectivity index (χ3v) is 2.72. The van der Waals surface area contributed by atoms with Crippen LogP contribution in [0, 0.1) is 6.92 Å². The number of hydrogen-bond acceptors (Lipinski definition) is 6. The second-order valence-corrected chi connectivity index (χ2v) is 4.35. The van der Waals surface area contributed by atoms with E-state index in [-0.39, 0.29) is 18.8 Å². The topological polar surface area (TPSA) is 73.9 Å². The summed E-state index contributed by atoms with van der Waals surface area (Å²) in [5.41, 5.74) is 1.44. The van der Waals surface area contributed by atoms with Crippen molar-refractivity contribution in [2.45, 2.75) is 20.8 Å². The quantitative estimate of drug-likeness (QED) is 0.361. The summed E-state index contributed by atoms with van der Waals surface area (Å²) < 4.78 is 14.9. The Morgan fingerprint density at radius 3 is 2.23 bits per heavy atom. The Hall–Kier alpha value is -2.50. The zero-order valence-electron chi connectivity index (χ0n) is 13.3. The number of esters is 2. The second kappa shape index (κ2) is 8.71. The van der Waals surface area contributed by atoms with Gasteiger partial charge in [-0.25, -0.2) is 9.59 Å². The van der Waals surface area contributed by atoms with Crippen molar-refractivity contribution in [2.75, 3.05) is 25.6 Å². The van der Waals surface area contributed by atoms with E-state index in [2.05, 4.69) is 5.32 Å². The minimum absolute atomic E-state index is 0.170. The molecule has 0 saturated carbocycles. The fourth-order valence-electron chi connectivity index (χ4n) is 1.70. The first kappa shape index (κ1) is 17.6. The Labute approximate surface area is 130 Å². The maximum Gasteiger partial charge on any atom is 0.347 e. The first-order chi connectivity index (χ1) is 10.5. The number of aryl methyl sites for hydroxylation is 1. The van der Waals surface area contributed by atoms with Crippen LogP contribution in [0.25, 0.3) is 0 Å². The van der Waals surface area contributed by atoms with Crippen LogP contribution in [0.15, 0.2) is 30.0 Å². The zero-order chi connectivity index (χ0) is 16.5. The molecule has 0 atom stereocenters. The van der Waals surface area contributed by atoms with Gasteiger partial charge in [0, 0.05) is 6.20 Å². The van der Waals surface area contributed by atoms with Crippen LogP contribution in [-0.2, 0) is 19.1 Å². The molecule has 0 fully saturated rings. The zero-order valence-corrected chi connectivity index (χ0v) is 13.3. The van der Waals surface area contributed by atoms with E-state index in [1.165, 1.54) is 13.3 Å². The van der Waals surface area contributed by atoms with Crippen molar-refractivity contribution in [1.82, 2.24) is 0 Å². The van der Waals surface area contributed by atoms with Crippen molar-refractivity contribution >= 4 is 17.6 Å². The Balaban J connectivity index is 3.04. The maximum atomic E-state index is 11.8. The molecule has 0 aliphatic rings. The number of carbonyl (C=O) groups excluding carboxylic acids is 2. The van der Waals surface area contributed by atoms with Crippen LogP contribution in [0.5, 0.6) is 5.75 Å². The highest BCUT2D eigenvalue weighted by Crippen LogP contribution is 2.25. The largest absolute Gasteiger partial charge is 0.495 e. The van der Waals surface area contributed by atoms with Gasteiger partial charge in [0.15, 0.2) is 5.57 Å². The van der Waals surface area contributed by atoms with E-state index in [0.29, 0.717) is 11.4 Å². The summed E-state index contributed by atoms with van der Waals surface area (Å²) >= 11 is 0. The van der Waals surface area contributed by atoms with Crippen LogP contribution in [-0.4, -0.2) is 32.3 Å². The first-order valence-corrected chi connectivity index (χ1v) is 6.99. The molecule has 0 radical (unpaired) electrons. The van der Waals surface area contributed by atoms with Gasteiger partial charge < -0.3 is 19.5 Å². The van der Waals surface area contributed by atoms with Gasteiger partial charge in [-0.15, -0.1) is 0 Å². The molecule has 1 aromatic rings. The molecule has 0 amide bonds. The number of ether oxygens (including phenoxy) is 3. The van der Waals surface area contributed by atoms with Crippen LogP contribution in [0.3, 0.4) is 0 Å². The molecule has 120 valence electrons. The summed E-state index contributed by atoms with van der Waals surface area (Å²) in [6.45, 7) is 5.59. The summed E-state index contributed by atoms with van der Waals surface area (Å²) in [4.78, 5) is 23.7. The van der Waals surface area contributed by atoms with Crippen molar-refractivity contribution in [3.8, 4) is 5.75 Å². The van der Waals surface area contributed by atoms with Gasteiger partial charge in [0.2, 0.25) is 0 Å². The maximum absolute atomic E-state index is 11.8. The molecular weight excluding hydrogens is 286 g/mol. The molecule has 0 bridgehead atoms. The Kier molecular flexibility index (Phi) is 6.95. The molecule has 6 heteroatoms. The van der Waals surface area contributed by atoms with E-state index >= 15 is 0 Å². The van der Waals surface area contributed by atoms with E-state index in [1.54, 1.807) is 19.9 Å². The van der Waals surface area contributed by atoms with E-state index in [1.807, 2.05) is 19.1 Å². The van der Waals surface area contributed by atoms with Gasteiger partial charge in [0.05, 0.1) is 26.0 Å². The lowest BCUT2D eigenvalue weighted by Gasteiger charge is -2.11. The average molecular weight is 307 g/mol. The summed E-state index contributed by atoms with van der Waals surface area (Å²) in [7, 11) is 1.54. The SMILES string of the molecule is CCOC(=O)C(=CNc1cc(C)ccc1OC)C(=O)OCC. The van der Waals surface area contributed by atoms with Crippen molar-refractivity contribution in [2.24, 2.45) is 0 Å². The van der Waals surface area contributed by atoms with Crippen molar-refractivity contribution in [3.05, 3.63) is 35.5 Å². The van der Waals surface area contributed by atoms with Gasteiger partial charge in [0.25, 0.3) is 0 Å². The van der Waals surface area contributed by atoms with E-state index in [4.69, 9.17) is 14.2 Å². The lowest BCUT2D eigenvalue weighted by atomic mass is 10.2.